The number of benzene rings is 1. The molecule has 0 radical (unpaired) electrons. The van der Waals surface area contributed by atoms with E-state index in [1.54, 1.807) is 0 Å². The van der Waals surface area contributed by atoms with E-state index in [4.69, 9.17) is 5.73 Å². The molecule has 21 heavy (non-hydrogen) atoms. The number of rotatable bonds is 2. The van der Waals surface area contributed by atoms with Gasteiger partial charge in [0, 0.05) is 19.1 Å². The molecule has 0 saturated carbocycles. The molecule has 1 heterocycles. The van der Waals surface area contributed by atoms with Gasteiger partial charge in [-0.25, -0.2) is 12.8 Å². The van der Waals surface area contributed by atoms with Gasteiger partial charge in [-0.2, -0.15) is 13.2 Å². The number of hydrogen-bond donors (Lipinski definition) is 1. The van der Waals surface area contributed by atoms with E-state index in [9.17, 15) is 26.0 Å². The fourth-order valence-electron chi connectivity index (χ4n) is 2.23. The van der Waals surface area contributed by atoms with Crippen molar-refractivity contribution in [3.63, 3.8) is 0 Å². The number of hydrogen-bond acceptors (Lipinski definition) is 4. The van der Waals surface area contributed by atoms with Crippen molar-refractivity contribution in [3.8, 4) is 0 Å². The molecule has 1 aromatic carbocycles. The first kappa shape index (κ1) is 16.0. The molecule has 9 heteroatoms. The molecule has 1 fully saturated rings. The molecule has 0 spiro atoms. The Labute approximate surface area is 119 Å². The topological polar surface area (TPSA) is 63.4 Å². The maximum Gasteiger partial charge on any atom is 0.501 e. The summed E-state index contributed by atoms with van der Waals surface area (Å²) in [5.41, 5.74) is 0.0985. The Morgan fingerprint density at radius 3 is 2.29 bits per heavy atom. The summed E-state index contributed by atoms with van der Waals surface area (Å²) in [6, 6.07) is 2.35. The monoisotopic (exact) mass is 326 g/mol. The highest BCUT2D eigenvalue weighted by molar-refractivity contribution is 7.92. The van der Waals surface area contributed by atoms with Crippen molar-refractivity contribution in [1.29, 1.82) is 0 Å². The second-order valence-electron chi connectivity index (χ2n) is 4.89. The zero-order chi connectivity index (χ0) is 15.8. The Balaban J connectivity index is 2.49. The molecular weight excluding hydrogens is 312 g/mol. The van der Waals surface area contributed by atoms with Crippen LogP contribution in [0, 0.1) is 5.82 Å². The Morgan fingerprint density at radius 2 is 1.76 bits per heavy atom. The highest BCUT2D eigenvalue weighted by Gasteiger charge is 2.48. The first-order valence-electron chi connectivity index (χ1n) is 6.24. The van der Waals surface area contributed by atoms with Gasteiger partial charge in [-0.05, 0) is 31.0 Å². The van der Waals surface area contributed by atoms with Crippen LogP contribution in [0.2, 0.25) is 0 Å². The largest absolute Gasteiger partial charge is 0.501 e. The number of sulfone groups is 1. The van der Waals surface area contributed by atoms with Crippen LogP contribution in [0.3, 0.4) is 0 Å². The van der Waals surface area contributed by atoms with Crippen LogP contribution >= 0.6 is 0 Å². The maximum absolute atomic E-state index is 13.2. The third-order valence-corrected chi connectivity index (χ3v) is 4.91. The molecule has 1 aromatic rings. The quantitative estimate of drug-likeness (QED) is 0.845. The van der Waals surface area contributed by atoms with Gasteiger partial charge in [0.25, 0.3) is 9.84 Å². The van der Waals surface area contributed by atoms with Crippen LogP contribution in [0.1, 0.15) is 12.8 Å². The van der Waals surface area contributed by atoms with Gasteiger partial charge in [0.15, 0.2) is 0 Å². The minimum atomic E-state index is -5.61. The number of alkyl halides is 3. The lowest BCUT2D eigenvalue weighted by molar-refractivity contribution is -0.0435. The normalized spacial score (nSPS) is 18.0. The highest BCUT2D eigenvalue weighted by Crippen LogP contribution is 2.37. The van der Waals surface area contributed by atoms with E-state index in [0.717, 1.165) is 12.1 Å². The molecule has 0 bridgehead atoms. The van der Waals surface area contributed by atoms with Crippen molar-refractivity contribution >= 4 is 15.5 Å². The van der Waals surface area contributed by atoms with Gasteiger partial charge in [0.1, 0.15) is 10.7 Å². The van der Waals surface area contributed by atoms with Gasteiger partial charge in [-0.1, -0.05) is 0 Å². The lowest BCUT2D eigenvalue weighted by atomic mass is 10.1. The predicted molar refractivity (Wildman–Crippen MR) is 69.1 cm³/mol. The van der Waals surface area contributed by atoms with E-state index in [0.29, 0.717) is 32.0 Å². The molecule has 2 N–H and O–H groups in total. The van der Waals surface area contributed by atoms with E-state index >= 15 is 0 Å². The van der Waals surface area contributed by atoms with E-state index in [1.165, 1.54) is 4.90 Å². The molecule has 1 aliphatic rings. The first-order valence-corrected chi connectivity index (χ1v) is 7.72. The van der Waals surface area contributed by atoms with Crippen molar-refractivity contribution in [2.24, 2.45) is 5.73 Å². The number of halogens is 4. The van der Waals surface area contributed by atoms with Gasteiger partial charge in [-0.3, -0.25) is 0 Å². The molecular formula is C12H14F4N2O2S. The summed E-state index contributed by atoms with van der Waals surface area (Å²) in [7, 11) is -5.61. The van der Waals surface area contributed by atoms with E-state index in [2.05, 4.69) is 0 Å². The molecule has 1 aliphatic heterocycles. The molecule has 4 nitrogen and oxygen atoms in total. The van der Waals surface area contributed by atoms with Crippen LogP contribution in [0.25, 0.3) is 0 Å². The van der Waals surface area contributed by atoms with Gasteiger partial charge in [0.05, 0.1) is 5.69 Å². The van der Waals surface area contributed by atoms with Crippen LogP contribution in [-0.2, 0) is 9.84 Å². The van der Waals surface area contributed by atoms with Crippen LogP contribution in [-0.4, -0.2) is 33.1 Å². The van der Waals surface area contributed by atoms with Gasteiger partial charge < -0.3 is 10.6 Å². The van der Waals surface area contributed by atoms with Crippen LogP contribution < -0.4 is 10.6 Å². The van der Waals surface area contributed by atoms with E-state index in [1.807, 2.05) is 0 Å². The van der Waals surface area contributed by atoms with Crippen molar-refractivity contribution < 1.29 is 26.0 Å². The van der Waals surface area contributed by atoms with Crippen molar-refractivity contribution in [2.45, 2.75) is 29.3 Å². The van der Waals surface area contributed by atoms with Crippen LogP contribution in [0.5, 0.6) is 0 Å². The summed E-state index contributed by atoms with van der Waals surface area (Å²) in [6.45, 7) is 0.653. The third-order valence-electron chi connectivity index (χ3n) is 3.40. The average Bonchev–Trinajstić information content (AvgIpc) is 2.38. The molecule has 118 valence electrons. The lowest BCUT2D eigenvalue weighted by Crippen LogP contribution is -2.40. The van der Waals surface area contributed by atoms with E-state index in [-0.39, 0.29) is 11.7 Å². The summed E-state index contributed by atoms with van der Waals surface area (Å²) in [5, 5.41) is 0. The summed E-state index contributed by atoms with van der Waals surface area (Å²) in [5.74, 6) is -1.03. The highest BCUT2D eigenvalue weighted by atomic mass is 32.2. The minimum Gasteiger partial charge on any atom is -0.370 e. The van der Waals surface area contributed by atoms with Crippen LogP contribution in [0.15, 0.2) is 23.1 Å². The smallest absolute Gasteiger partial charge is 0.370 e. The lowest BCUT2D eigenvalue weighted by Gasteiger charge is -2.33. The fourth-order valence-corrected chi connectivity index (χ4v) is 3.22. The van der Waals surface area contributed by atoms with E-state index < -0.39 is 26.1 Å². The average molecular weight is 326 g/mol. The third kappa shape index (κ3) is 3.13. The molecule has 1 saturated heterocycles. The van der Waals surface area contributed by atoms with Gasteiger partial charge in [-0.15, -0.1) is 0 Å². The number of piperidine rings is 1. The van der Waals surface area contributed by atoms with Crippen molar-refractivity contribution in [3.05, 3.63) is 24.0 Å². The van der Waals surface area contributed by atoms with Gasteiger partial charge in [0.2, 0.25) is 0 Å². The standard InChI is InChI=1S/C12H14F4N2O2S/c13-8-1-2-10(18-5-3-9(17)4-6-18)11(7-8)21(19,20)12(14,15)16/h1-2,7,9H,3-6,17H2. The molecule has 0 unspecified atom stereocenters. The number of nitrogens with zero attached hydrogens (tertiary/aromatic N) is 1. The molecule has 0 amide bonds. The summed E-state index contributed by atoms with van der Waals surface area (Å²) in [4.78, 5) is 0.437. The molecule has 0 atom stereocenters. The Hall–Kier alpha value is -1.35. The maximum atomic E-state index is 13.2. The Kier molecular flexibility index (Phi) is 4.16. The summed E-state index contributed by atoms with van der Waals surface area (Å²) >= 11 is 0. The van der Waals surface area contributed by atoms with Crippen LogP contribution in [0.4, 0.5) is 23.2 Å². The fraction of sp³-hybridized carbons (Fsp3) is 0.500. The minimum absolute atomic E-state index is 0.0654. The second kappa shape index (κ2) is 5.45. The Morgan fingerprint density at radius 1 is 1.19 bits per heavy atom. The second-order valence-corrected chi connectivity index (χ2v) is 6.80. The van der Waals surface area contributed by atoms with Crippen molar-refractivity contribution in [2.75, 3.05) is 18.0 Å². The molecule has 2 rings (SSSR count). The number of anilines is 1. The predicted octanol–water partition coefficient (Wildman–Crippen LogP) is 2.05. The SMILES string of the molecule is NC1CCN(c2ccc(F)cc2S(=O)(=O)C(F)(F)F)CC1. The zero-order valence-corrected chi connectivity index (χ0v) is 11.7. The zero-order valence-electron chi connectivity index (χ0n) is 10.9. The van der Waals surface area contributed by atoms with Crippen molar-refractivity contribution in [1.82, 2.24) is 0 Å². The molecule has 0 aromatic heterocycles. The van der Waals surface area contributed by atoms with Gasteiger partial charge >= 0.3 is 5.51 Å². The molecule has 0 aliphatic carbocycles. The summed E-state index contributed by atoms with van der Waals surface area (Å²) in [6.07, 6.45) is 1.06. The first-order chi connectivity index (χ1) is 9.63. The summed E-state index contributed by atoms with van der Waals surface area (Å²) < 4.78 is 74.5. The Bertz CT molecular complexity index is 623. The number of nitrogens with two attached hydrogens (primary N) is 1.